The van der Waals surface area contributed by atoms with Gasteiger partial charge in [0.15, 0.2) is 11.5 Å². The van der Waals surface area contributed by atoms with E-state index < -0.39 is 42.2 Å². The van der Waals surface area contributed by atoms with Gasteiger partial charge in [0.05, 0.1) is 25.7 Å². The lowest BCUT2D eigenvalue weighted by atomic mass is 9.99. The van der Waals surface area contributed by atoms with Crippen LogP contribution >= 0.6 is 0 Å². The molecule has 1 heterocycles. The number of rotatable bonds is 8. The standard InChI is InChI=1S/C22H25NO10/c1-30-15-9-13(7-6-12-4-3-5-14(8-12)23(28)29)21(16(10-15)31-2)33-22-20(27)19(26)18(25)17(11-24)32-22/h3-10,17-20,22,24-27H,11H2,1-2H3/b7-6+/t17-,18-,19+,20-,22+/m1/s1. The number of aliphatic hydroxyl groups excluding tert-OH is 4. The predicted molar refractivity (Wildman–Crippen MR) is 116 cm³/mol. The Balaban J connectivity index is 1.99. The summed E-state index contributed by atoms with van der Waals surface area (Å²) >= 11 is 0. The fraction of sp³-hybridized carbons (Fsp3) is 0.364. The second-order valence-electron chi connectivity index (χ2n) is 7.25. The molecule has 11 heteroatoms. The number of ether oxygens (including phenoxy) is 4. The van der Waals surface area contributed by atoms with Gasteiger partial charge in [0.1, 0.15) is 30.2 Å². The summed E-state index contributed by atoms with van der Waals surface area (Å²) in [5.74, 6) is 0.751. The lowest BCUT2D eigenvalue weighted by Crippen LogP contribution is -2.60. The summed E-state index contributed by atoms with van der Waals surface area (Å²) in [5, 5.41) is 50.8. The monoisotopic (exact) mass is 463 g/mol. The average molecular weight is 463 g/mol. The van der Waals surface area contributed by atoms with E-state index in [-0.39, 0.29) is 17.2 Å². The number of methoxy groups -OCH3 is 2. The van der Waals surface area contributed by atoms with Crippen LogP contribution < -0.4 is 14.2 Å². The first kappa shape index (κ1) is 24.4. The molecule has 33 heavy (non-hydrogen) atoms. The van der Waals surface area contributed by atoms with E-state index in [0.29, 0.717) is 16.9 Å². The molecule has 11 nitrogen and oxygen atoms in total. The lowest BCUT2D eigenvalue weighted by molar-refractivity contribution is -0.384. The molecule has 4 N–H and O–H groups in total. The molecule has 2 aromatic rings. The SMILES string of the molecule is COc1cc(/C=C/c2cccc([N+](=O)[O-])c2)c(O[C@@H]2O[C@H](CO)[C@@H](O)[C@H](O)[C@H]2O)c(OC)c1. The van der Waals surface area contributed by atoms with Gasteiger partial charge in [-0.15, -0.1) is 0 Å². The molecule has 0 bridgehead atoms. The van der Waals surface area contributed by atoms with Crippen LogP contribution in [0.15, 0.2) is 36.4 Å². The van der Waals surface area contributed by atoms with E-state index in [9.17, 15) is 30.5 Å². The maximum Gasteiger partial charge on any atom is 0.270 e. The zero-order valence-electron chi connectivity index (χ0n) is 17.9. The second kappa shape index (κ2) is 10.6. The molecule has 5 atom stereocenters. The van der Waals surface area contributed by atoms with Crippen molar-refractivity contribution in [1.29, 1.82) is 0 Å². The number of nitro benzene ring substituents is 1. The van der Waals surface area contributed by atoms with E-state index >= 15 is 0 Å². The molecular weight excluding hydrogens is 438 g/mol. The van der Waals surface area contributed by atoms with E-state index in [4.69, 9.17) is 18.9 Å². The van der Waals surface area contributed by atoms with Crippen molar-refractivity contribution in [2.24, 2.45) is 0 Å². The molecule has 0 amide bonds. The van der Waals surface area contributed by atoms with E-state index in [0.717, 1.165) is 0 Å². The number of aliphatic hydroxyl groups is 4. The van der Waals surface area contributed by atoms with Crippen LogP contribution in [0.3, 0.4) is 0 Å². The van der Waals surface area contributed by atoms with Crippen LogP contribution in [0.5, 0.6) is 17.2 Å². The van der Waals surface area contributed by atoms with Gasteiger partial charge < -0.3 is 39.4 Å². The molecule has 0 spiro atoms. The Kier molecular flexibility index (Phi) is 7.84. The maximum absolute atomic E-state index is 11.0. The quantitative estimate of drug-likeness (QED) is 0.252. The fourth-order valence-electron chi connectivity index (χ4n) is 3.33. The highest BCUT2D eigenvalue weighted by molar-refractivity contribution is 5.76. The minimum atomic E-state index is -1.62. The molecule has 3 rings (SSSR count). The summed E-state index contributed by atoms with van der Waals surface area (Å²) < 4.78 is 21.9. The summed E-state index contributed by atoms with van der Waals surface area (Å²) in [5.41, 5.74) is 0.887. The van der Waals surface area contributed by atoms with E-state index in [1.165, 1.54) is 32.4 Å². The zero-order chi connectivity index (χ0) is 24.1. The van der Waals surface area contributed by atoms with Crippen LogP contribution in [-0.4, -0.2) is 76.9 Å². The van der Waals surface area contributed by atoms with Crippen molar-refractivity contribution in [2.45, 2.75) is 30.7 Å². The molecule has 0 unspecified atom stereocenters. The van der Waals surface area contributed by atoms with Gasteiger partial charge in [0, 0.05) is 23.8 Å². The Hall–Kier alpha value is -3.22. The Morgan fingerprint density at radius 2 is 1.82 bits per heavy atom. The maximum atomic E-state index is 11.0. The van der Waals surface area contributed by atoms with Gasteiger partial charge in [-0.1, -0.05) is 24.3 Å². The third-order valence-electron chi connectivity index (χ3n) is 5.13. The third kappa shape index (κ3) is 5.41. The van der Waals surface area contributed by atoms with Crippen LogP contribution in [-0.2, 0) is 4.74 Å². The summed E-state index contributed by atoms with van der Waals surface area (Å²) in [6.07, 6.45) is -4.15. The largest absolute Gasteiger partial charge is 0.497 e. The van der Waals surface area contributed by atoms with Crippen molar-refractivity contribution in [3.8, 4) is 17.2 Å². The second-order valence-corrected chi connectivity index (χ2v) is 7.25. The number of hydrogen-bond donors (Lipinski definition) is 4. The van der Waals surface area contributed by atoms with Crippen molar-refractivity contribution in [1.82, 2.24) is 0 Å². The molecule has 0 radical (unpaired) electrons. The molecule has 1 fully saturated rings. The molecule has 1 aliphatic heterocycles. The van der Waals surface area contributed by atoms with Gasteiger partial charge >= 0.3 is 0 Å². The van der Waals surface area contributed by atoms with Crippen molar-refractivity contribution in [3.63, 3.8) is 0 Å². The van der Waals surface area contributed by atoms with Crippen molar-refractivity contribution >= 4 is 17.8 Å². The number of nitrogens with zero attached hydrogens (tertiary/aromatic N) is 1. The average Bonchev–Trinajstić information content (AvgIpc) is 2.83. The molecule has 0 aliphatic carbocycles. The fourth-order valence-corrected chi connectivity index (χ4v) is 3.33. The summed E-state index contributed by atoms with van der Waals surface area (Å²) in [6.45, 7) is -0.607. The smallest absolute Gasteiger partial charge is 0.270 e. The first-order chi connectivity index (χ1) is 15.8. The van der Waals surface area contributed by atoms with Crippen LogP contribution in [0.2, 0.25) is 0 Å². The van der Waals surface area contributed by atoms with Gasteiger partial charge in [0.2, 0.25) is 6.29 Å². The van der Waals surface area contributed by atoms with E-state index in [1.807, 2.05) is 0 Å². The Morgan fingerprint density at radius 1 is 1.06 bits per heavy atom. The Bertz CT molecular complexity index is 1010. The van der Waals surface area contributed by atoms with Gasteiger partial charge in [0.25, 0.3) is 5.69 Å². The molecule has 178 valence electrons. The molecule has 2 aromatic carbocycles. The number of benzene rings is 2. The molecule has 0 aromatic heterocycles. The van der Waals surface area contributed by atoms with E-state index in [2.05, 4.69) is 0 Å². The Morgan fingerprint density at radius 3 is 2.45 bits per heavy atom. The van der Waals surface area contributed by atoms with Gasteiger partial charge in [-0.2, -0.15) is 0 Å². The number of nitro groups is 1. The van der Waals surface area contributed by atoms with Crippen LogP contribution in [0.25, 0.3) is 12.2 Å². The number of non-ortho nitro benzene ring substituents is 1. The van der Waals surface area contributed by atoms with Gasteiger partial charge in [-0.3, -0.25) is 10.1 Å². The molecule has 1 aliphatic rings. The topological polar surface area (TPSA) is 161 Å². The van der Waals surface area contributed by atoms with Crippen molar-refractivity contribution in [3.05, 3.63) is 57.6 Å². The molecule has 1 saturated heterocycles. The van der Waals surface area contributed by atoms with Crippen molar-refractivity contribution < 1.29 is 44.3 Å². The van der Waals surface area contributed by atoms with Crippen LogP contribution in [0.4, 0.5) is 5.69 Å². The van der Waals surface area contributed by atoms with Crippen LogP contribution in [0, 0.1) is 10.1 Å². The highest BCUT2D eigenvalue weighted by Crippen LogP contribution is 2.39. The molecular formula is C22H25NO10. The molecule has 0 saturated carbocycles. The lowest BCUT2D eigenvalue weighted by Gasteiger charge is -2.39. The predicted octanol–water partition coefficient (Wildman–Crippen LogP) is 0.961. The summed E-state index contributed by atoms with van der Waals surface area (Å²) in [4.78, 5) is 10.5. The third-order valence-corrected chi connectivity index (χ3v) is 5.13. The highest BCUT2D eigenvalue weighted by Gasteiger charge is 2.45. The summed E-state index contributed by atoms with van der Waals surface area (Å²) in [7, 11) is 2.85. The number of hydrogen-bond acceptors (Lipinski definition) is 10. The van der Waals surface area contributed by atoms with Crippen molar-refractivity contribution in [2.75, 3.05) is 20.8 Å². The Labute approximate surface area is 189 Å². The van der Waals surface area contributed by atoms with Crippen LogP contribution in [0.1, 0.15) is 11.1 Å². The normalized spacial score (nSPS) is 25.1. The zero-order valence-corrected chi connectivity index (χ0v) is 17.9. The minimum Gasteiger partial charge on any atom is -0.497 e. The van der Waals surface area contributed by atoms with Gasteiger partial charge in [-0.25, -0.2) is 0 Å². The summed E-state index contributed by atoms with van der Waals surface area (Å²) in [6, 6.07) is 9.14. The first-order valence-electron chi connectivity index (χ1n) is 9.94. The first-order valence-corrected chi connectivity index (χ1v) is 9.94. The minimum absolute atomic E-state index is 0.0711. The van der Waals surface area contributed by atoms with E-state index in [1.54, 1.807) is 30.4 Å². The van der Waals surface area contributed by atoms with Gasteiger partial charge in [-0.05, 0) is 11.6 Å². The highest BCUT2D eigenvalue weighted by atomic mass is 16.7.